The van der Waals surface area contributed by atoms with Crippen LogP contribution in [0.15, 0.2) is 36.5 Å². The molecule has 0 bridgehead atoms. The van der Waals surface area contributed by atoms with E-state index in [4.69, 9.17) is 48.1 Å². The van der Waals surface area contributed by atoms with Crippen LogP contribution in [0.3, 0.4) is 0 Å². The van der Waals surface area contributed by atoms with Gasteiger partial charge in [0.25, 0.3) is 0 Å². The molecule has 2 N–H and O–H groups in total. The largest absolute Gasteiger partial charge is 0.493 e. The molecule has 3 heterocycles. The SMILES string of the molecule is COc1ccc(-c2cnc(N)c(OC(C)c3c(Cl)ccc(F)c3Cl)c2)nc1N1CCN(C(=O)OC(C)(C)C)CC1. The quantitative estimate of drug-likeness (QED) is 0.329. The van der Waals surface area contributed by atoms with Crippen molar-refractivity contribution in [3.8, 4) is 22.8 Å². The number of rotatable bonds is 6. The van der Waals surface area contributed by atoms with Crippen LogP contribution in [0.1, 0.15) is 39.4 Å². The van der Waals surface area contributed by atoms with Crippen molar-refractivity contribution in [1.29, 1.82) is 0 Å². The maximum Gasteiger partial charge on any atom is 0.410 e. The summed E-state index contributed by atoms with van der Waals surface area (Å²) in [4.78, 5) is 25.4. The number of piperazine rings is 1. The molecular weight excluding hydrogens is 560 g/mol. The van der Waals surface area contributed by atoms with Gasteiger partial charge < -0.3 is 29.7 Å². The standard InChI is InChI=1S/C28H32Cl2FN5O4/c1-16(23-18(29)6-7-19(31)24(23)30)39-22-14-17(15-33-25(22)32)20-8-9-21(38-5)26(34-20)35-10-12-36(13-11-35)27(37)40-28(2,3)4/h6-9,14-16H,10-13H2,1-5H3,(H2,32,33). The number of pyridine rings is 2. The highest BCUT2D eigenvalue weighted by molar-refractivity contribution is 6.36. The molecule has 0 aliphatic carbocycles. The van der Waals surface area contributed by atoms with Gasteiger partial charge in [-0.05, 0) is 58.0 Å². The highest BCUT2D eigenvalue weighted by Crippen LogP contribution is 2.37. The molecule has 1 aromatic carbocycles. The Labute approximate surface area is 242 Å². The van der Waals surface area contributed by atoms with Gasteiger partial charge in [0.1, 0.15) is 17.5 Å². The van der Waals surface area contributed by atoms with Crippen LogP contribution < -0.4 is 20.1 Å². The second-order valence-corrected chi connectivity index (χ2v) is 11.1. The summed E-state index contributed by atoms with van der Waals surface area (Å²) in [5.41, 5.74) is 7.10. The van der Waals surface area contributed by atoms with Crippen LogP contribution in [0.2, 0.25) is 10.0 Å². The number of carbonyl (C=O) groups excluding carboxylic acids is 1. The fourth-order valence-electron chi connectivity index (χ4n) is 4.26. The summed E-state index contributed by atoms with van der Waals surface area (Å²) >= 11 is 12.4. The van der Waals surface area contributed by atoms with Crippen molar-refractivity contribution in [2.24, 2.45) is 0 Å². The van der Waals surface area contributed by atoms with E-state index in [9.17, 15) is 9.18 Å². The van der Waals surface area contributed by atoms with Crippen molar-refractivity contribution in [3.63, 3.8) is 0 Å². The van der Waals surface area contributed by atoms with E-state index in [1.807, 2.05) is 26.8 Å². The molecule has 1 fully saturated rings. The number of halogens is 3. The van der Waals surface area contributed by atoms with Crippen LogP contribution in [0.4, 0.5) is 20.8 Å². The van der Waals surface area contributed by atoms with Crippen LogP contribution >= 0.6 is 23.2 Å². The Hall–Kier alpha value is -3.50. The number of methoxy groups -OCH3 is 1. The van der Waals surface area contributed by atoms with Gasteiger partial charge >= 0.3 is 6.09 Å². The van der Waals surface area contributed by atoms with E-state index in [-0.39, 0.29) is 27.7 Å². The van der Waals surface area contributed by atoms with Crippen molar-refractivity contribution in [1.82, 2.24) is 14.9 Å². The average molecular weight is 592 g/mol. The van der Waals surface area contributed by atoms with Crippen LogP contribution in [0.25, 0.3) is 11.3 Å². The molecule has 0 saturated carbocycles. The Morgan fingerprint density at radius 3 is 2.45 bits per heavy atom. The molecular formula is C28H32Cl2FN5O4. The molecule has 1 aliphatic heterocycles. The molecule has 40 heavy (non-hydrogen) atoms. The van der Waals surface area contributed by atoms with Gasteiger partial charge in [-0.25, -0.2) is 19.2 Å². The number of anilines is 2. The zero-order valence-electron chi connectivity index (χ0n) is 23.0. The fraction of sp³-hybridized carbons (Fsp3) is 0.393. The molecule has 1 saturated heterocycles. The predicted octanol–water partition coefficient (Wildman–Crippen LogP) is 6.38. The van der Waals surface area contributed by atoms with Gasteiger partial charge in [-0.15, -0.1) is 0 Å². The summed E-state index contributed by atoms with van der Waals surface area (Å²) in [5, 5.41) is 0.158. The second-order valence-electron chi connectivity index (χ2n) is 10.3. The fourth-order valence-corrected chi connectivity index (χ4v) is 4.94. The maximum absolute atomic E-state index is 14.1. The normalized spacial score (nSPS) is 14.6. The van der Waals surface area contributed by atoms with E-state index in [2.05, 4.69) is 9.88 Å². The van der Waals surface area contributed by atoms with E-state index in [0.29, 0.717) is 54.6 Å². The minimum atomic E-state index is -0.712. The van der Waals surface area contributed by atoms with Gasteiger partial charge in [0, 0.05) is 48.5 Å². The number of benzene rings is 1. The van der Waals surface area contributed by atoms with Gasteiger partial charge in [-0.3, -0.25) is 0 Å². The first-order valence-electron chi connectivity index (χ1n) is 12.7. The molecule has 12 heteroatoms. The summed E-state index contributed by atoms with van der Waals surface area (Å²) in [6.45, 7) is 9.28. The number of ether oxygens (including phenoxy) is 3. The monoisotopic (exact) mass is 591 g/mol. The third kappa shape index (κ3) is 6.62. The molecule has 0 radical (unpaired) electrons. The highest BCUT2D eigenvalue weighted by Gasteiger charge is 2.28. The lowest BCUT2D eigenvalue weighted by Gasteiger charge is -2.36. The minimum Gasteiger partial charge on any atom is -0.493 e. The summed E-state index contributed by atoms with van der Waals surface area (Å²) in [5.74, 6) is 1.05. The molecule has 1 atom stereocenters. The Bertz CT molecular complexity index is 1390. The van der Waals surface area contributed by atoms with E-state index < -0.39 is 17.5 Å². The molecule has 1 aliphatic rings. The molecule has 9 nitrogen and oxygen atoms in total. The van der Waals surface area contributed by atoms with Crippen molar-refractivity contribution >= 4 is 40.9 Å². The van der Waals surface area contributed by atoms with Gasteiger partial charge in [0.2, 0.25) is 0 Å². The first-order valence-corrected chi connectivity index (χ1v) is 13.5. The smallest absolute Gasteiger partial charge is 0.410 e. The minimum absolute atomic E-state index is 0.115. The molecule has 2 aromatic heterocycles. The predicted molar refractivity (Wildman–Crippen MR) is 154 cm³/mol. The number of carbonyl (C=O) groups is 1. The topological polar surface area (TPSA) is 103 Å². The Morgan fingerprint density at radius 2 is 1.80 bits per heavy atom. The molecule has 4 rings (SSSR count). The van der Waals surface area contributed by atoms with Gasteiger partial charge in [0.05, 0.1) is 17.8 Å². The van der Waals surface area contributed by atoms with Crippen molar-refractivity contribution in [2.45, 2.75) is 39.4 Å². The number of hydrogen-bond acceptors (Lipinski definition) is 8. The average Bonchev–Trinajstić information content (AvgIpc) is 2.91. The Kier molecular flexibility index (Phi) is 8.80. The first kappa shape index (κ1) is 29.5. The molecule has 214 valence electrons. The summed E-state index contributed by atoms with van der Waals surface area (Å²) in [7, 11) is 1.58. The molecule has 3 aromatic rings. The third-order valence-corrected chi connectivity index (χ3v) is 6.97. The van der Waals surface area contributed by atoms with Crippen LogP contribution in [0, 0.1) is 5.82 Å². The lowest BCUT2D eigenvalue weighted by Crippen LogP contribution is -2.50. The van der Waals surface area contributed by atoms with Crippen LogP contribution in [-0.2, 0) is 4.74 Å². The Morgan fingerprint density at radius 1 is 1.10 bits per heavy atom. The van der Waals surface area contributed by atoms with Crippen molar-refractivity contribution < 1.29 is 23.4 Å². The van der Waals surface area contributed by atoms with Crippen molar-refractivity contribution in [2.75, 3.05) is 43.9 Å². The zero-order chi connectivity index (χ0) is 29.2. The molecule has 0 spiro atoms. The van der Waals surface area contributed by atoms with E-state index in [0.717, 1.165) is 0 Å². The highest BCUT2D eigenvalue weighted by atomic mass is 35.5. The summed E-state index contributed by atoms with van der Waals surface area (Å²) in [6.07, 6.45) is 0.542. The molecule has 1 amide bonds. The van der Waals surface area contributed by atoms with Crippen molar-refractivity contribution in [3.05, 3.63) is 58.0 Å². The van der Waals surface area contributed by atoms with E-state index >= 15 is 0 Å². The van der Waals surface area contributed by atoms with Gasteiger partial charge in [0.15, 0.2) is 23.1 Å². The van der Waals surface area contributed by atoms with Gasteiger partial charge in [-0.2, -0.15) is 0 Å². The first-order chi connectivity index (χ1) is 18.9. The lowest BCUT2D eigenvalue weighted by atomic mass is 10.1. The zero-order valence-corrected chi connectivity index (χ0v) is 24.5. The summed E-state index contributed by atoms with van der Waals surface area (Å²) in [6, 6.07) is 7.95. The van der Waals surface area contributed by atoms with E-state index in [1.165, 1.54) is 12.1 Å². The van der Waals surface area contributed by atoms with Gasteiger partial charge in [-0.1, -0.05) is 23.2 Å². The maximum atomic E-state index is 14.1. The third-order valence-electron chi connectivity index (χ3n) is 6.26. The summed E-state index contributed by atoms with van der Waals surface area (Å²) < 4.78 is 31.2. The number of aromatic nitrogens is 2. The van der Waals surface area contributed by atoms with Crippen LogP contribution in [-0.4, -0.2) is 59.9 Å². The second kappa shape index (κ2) is 11.9. The Balaban J connectivity index is 1.56. The number of nitrogen functional groups attached to an aromatic ring is 1. The molecule has 1 unspecified atom stereocenters. The van der Waals surface area contributed by atoms with Crippen LogP contribution in [0.5, 0.6) is 11.5 Å². The van der Waals surface area contributed by atoms with E-state index in [1.54, 1.807) is 37.3 Å². The number of amides is 1. The number of hydrogen-bond donors (Lipinski definition) is 1. The number of nitrogens with two attached hydrogens (primary N) is 1. The number of nitrogens with zero attached hydrogens (tertiary/aromatic N) is 4. The lowest BCUT2D eigenvalue weighted by molar-refractivity contribution is 0.0240.